The molecule has 0 aliphatic carbocycles. The summed E-state index contributed by atoms with van der Waals surface area (Å²) in [6.07, 6.45) is 6.44. The third-order valence-corrected chi connectivity index (χ3v) is 3.91. The van der Waals surface area contributed by atoms with Gasteiger partial charge >= 0.3 is 0 Å². The van der Waals surface area contributed by atoms with Gasteiger partial charge in [-0.25, -0.2) is 9.98 Å². The molecular formula is C16H17N5O2. The lowest BCUT2D eigenvalue weighted by Gasteiger charge is -2.23. The third-order valence-electron chi connectivity index (χ3n) is 3.91. The molecule has 2 aliphatic heterocycles. The number of aromatic nitrogens is 2. The number of nitrogens with one attached hydrogen (secondary N) is 1. The van der Waals surface area contributed by atoms with Gasteiger partial charge in [0.1, 0.15) is 12.3 Å². The number of carbonyl (C=O) groups is 1. The van der Waals surface area contributed by atoms with Crippen molar-refractivity contribution in [3.63, 3.8) is 0 Å². The Bertz CT molecular complexity index is 754. The van der Waals surface area contributed by atoms with Gasteiger partial charge in [-0.05, 0) is 24.6 Å². The van der Waals surface area contributed by atoms with Gasteiger partial charge in [-0.2, -0.15) is 0 Å². The van der Waals surface area contributed by atoms with Crippen molar-refractivity contribution in [2.75, 3.05) is 13.2 Å². The first-order valence-electron chi connectivity index (χ1n) is 7.63. The first-order valence-corrected chi connectivity index (χ1v) is 7.63. The van der Waals surface area contributed by atoms with Crippen molar-refractivity contribution in [2.45, 2.75) is 19.5 Å². The topological polar surface area (TPSA) is 71.8 Å². The normalized spacial score (nSPS) is 15.7. The SMILES string of the molecule is O=C1CN2Cc3cc(OCCCn4ccnc4)ccc3N=C2N1. The van der Waals surface area contributed by atoms with Crippen LogP contribution in [0, 0.1) is 0 Å². The van der Waals surface area contributed by atoms with Crippen molar-refractivity contribution in [3.05, 3.63) is 42.5 Å². The number of hydrogen-bond acceptors (Lipinski definition) is 5. The van der Waals surface area contributed by atoms with Gasteiger partial charge in [-0.3, -0.25) is 10.1 Å². The van der Waals surface area contributed by atoms with Gasteiger partial charge in [0, 0.05) is 31.0 Å². The predicted octanol–water partition coefficient (Wildman–Crippen LogP) is 1.29. The van der Waals surface area contributed by atoms with Gasteiger partial charge in [-0.15, -0.1) is 0 Å². The fourth-order valence-electron chi connectivity index (χ4n) is 2.78. The second kappa shape index (κ2) is 5.75. The molecule has 1 aromatic heterocycles. The molecular weight excluding hydrogens is 294 g/mol. The first kappa shape index (κ1) is 13.8. The van der Waals surface area contributed by atoms with E-state index in [2.05, 4.69) is 15.3 Å². The molecule has 0 saturated carbocycles. The lowest BCUT2D eigenvalue weighted by Crippen LogP contribution is -2.31. The van der Waals surface area contributed by atoms with E-state index >= 15 is 0 Å². The Kier molecular flexibility index (Phi) is 3.45. The Labute approximate surface area is 133 Å². The first-order chi connectivity index (χ1) is 11.3. The van der Waals surface area contributed by atoms with Gasteiger partial charge in [0.05, 0.1) is 18.6 Å². The number of aliphatic imine (C=N–C) groups is 1. The summed E-state index contributed by atoms with van der Waals surface area (Å²) in [5.41, 5.74) is 1.97. The van der Waals surface area contributed by atoms with E-state index in [-0.39, 0.29) is 5.91 Å². The van der Waals surface area contributed by atoms with Crippen molar-refractivity contribution < 1.29 is 9.53 Å². The molecule has 4 rings (SSSR count). The molecule has 2 aliphatic rings. The van der Waals surface area contributed by atoms with E-state index in [0.29, 0.717) is 25.7 Å². The fourth-order valence-corrected chi connectivity index (χ4v) is 2.78. The molecule has 118 valence electrons. The van der Waals surface area contributed by atoms with Crippen LogP contribution in [0.25, 0.3) is 0 Å². The van der Waals surface area contributed by atoms with Crippen LogP contribution in [0.3, 0.4) is 0 Å². The molecule has 7 nitrogen and oxygen atoms in total. The van der Waals surface area contributed by atoms with Crippen LogP contribution in [-0.2, 0) is 17.9 Å². The van der Waals surface area contributed by atoms with Crippen LogP contribution in [-0.4, -0.2) is 39.5 Å². The van der Waals surface area contributed by atoms with Crippen molar-refractivity contribution in [1.29, 1.82) is 0 Å². The molecule has 1 amide bonds. The second-order valence-electron chi connectivity index (χ2n) is 5.63. The average Bonchev–Trinajstić information content (AvgIpc) is 3.17. The number of imidazole rings is 1. The van der Waals surface area contributed by atoms with Crippen LogP contribution in [0.5, 0.6) is 5.75 Å². The highest BCUT2D eigenvalue weighted by Crippen LogP contribution is 2.30. The summed E-state index contributed by atoms with van der Waals surface area (Å²) in [5, 5.41) is 2.76. The highest BCUT2D eigenvalue weighted by molar-refractivity contribution is 6.05. The predicted molar refractivity (Wildman–Crippen MR) is 84.4 cm³/mol. The fraction of sp³-hybridized carbons (Fsp3) is 0.312. The number of rotatable bonds is 5. The Morgan fingerprint density at radius 2 is 2.26 bits per heavy atom. The van der Waals surface area contributed by atoms with Gasteiger partial charge < -0.3 is 14.2 Å². The molecule has 7 heteroatoms. The van der Waals surface area contributed by atoms with Gasteiger partial charge in [0.15, 0.2) is 0 Å². The number of aryl methyl sites for hydroxylation is 1. The third kappa shape index (κ3) is 2.90. The Hall–Kier alpha value is -2.83. The Morgan fingerprint density at radius 3 is 3.13 bits per heavy atom. The van der Waals surface area contributed by atoms with Crippen LogP contribution in [0.4, 0.5) is 5.69 Å². The van der Waals surface area contributed by atoms with Crippen LogP contribution < -0.4 is 10.1 Å². The number of nitrogens with zero attached hydrogens (tertiary/aromatic N) is 4. The van der Waals surface area contributed by atoms with E-state index in [4.69, 9.17) is 4.74 Å². The van der Waals surface area contributed by atoms with E-state index < -0.39 is 0 Å². The number of hydrogen-bond donors (Lipinski definition) is 1. The van der Waals surface area contributed by atoms with E-state index in [1.165, 1.54) is 0 Å². The van der Waals surface area contributed by atoms with Gasteiger partial charge in [0.25, 0.3) is 0 Å². The van der Waals surface area contributed by atoms with Gasteiger partial charge in [0.2, 0.25) is 11.9 Å². The minimum Gasteiger partial charge on any atom is -0.494 e. The molecule has 0 atom stereocenters. The summed E-state index contributed by atoms with van der Waals surface area (Å²) >= 11 is 0. The second-order valence-corrected chi connectivity index (χ2v) is 5.63. The molecule has 1 saturated heterocycles. The number of guanidine groups is 1. The summed E-state index contributed by atoms with van der Waals surface area (Å²) in [6, 6.07) is 5.87. The molecule has 0 spiro atoms. The average molecular weight is 311 g/mol. The number of fused-ring (bicyclic) bond motifs is 2. The van der Waals surface area contributed by atoms with E-state index in [1.54, 1.807) is 12.5 Å². The van der Waals surface area contributed by atoms with Crippen molar-refractivity contribution in [2.24, 2.45) is 4.99 Å². The highest BCUT2D eigenvalue weighted by atomic mass is 16.5. The monoisotopic (exact) mass is 311 g/mol. The minimum absolute atomic E-state index is 0.00692. The van der Waals surface area contributed by atoms with Crippen LogP contribution >= 0.6 is 0 Å². The summed E-state index contributed by atoms with van der Waals surface area (Å²) < 4.78 is 7.85. The zero-order valence-electron chi connectivity index (χ0n) is 12.6. The molecule has 23 heavy (non-hydrogen) atoms. The molecule has 3 heterocycles. The van der Waals surface area contributed by atoms with Crippen LogP contribution in [0.2, 0.25) is 0 Å². The summed E-state index contributed by atoms with van der Waals surface area (Å²) in [4.78, 5) is 21.9. The maximum atomic E-state index is 11.4. The zero-order valence-corrected chi connectivity index (χ0v) is 12.6. The maximum Gasteiger partial charge on any atom is 0.246 e. The zero-order chi connectivity index (χ0) is 15.6. The van der Waals surface area contributed by atoms with Crippen molar-refractivity contribution in [3.8, 4) is 5.75 Å². The highest BCUT2D eigenvalue weighted by Gasteiger charge is 2.29. The summed E-state index contributed by atoms with van der Waals surface area (Å²) in [5.74, 6) is 1.48. The van der Waals surface area contributed by atoms with Crippen molar-refractivity contribution in [1.82, 2.24) is 19.8 Å². The number of benzene rings is 1. The van der Waals surface area contributed by atoms with Crippen molar-refractivity contribution >= 4 is 17.6 Å². The Morgan fingerprint density at radius 1 is 1.30 bits per heavy atom. The molecule has 1 fully saturated rings. The quantitative estimate of drug-likeness (QED) is 0.845. The molecule has 2 aromatic rings. The van der Waals surface area contributed by atoms with Gasteiger partial charge in [-0.1, -0.05) is 0 Å². The smallest absolute Gasteiger partial charge is 0.246 e. The lowest BCUT2D eigenvalue weighted by molar-refractivity contribution is -0.118. The van der Waals surface area contributed by atoms with Crippen LogP contribution in [0.15, 0.2) is 41.9 Å². The van der Waals surface area contributed by atoms with Crippen LogP contribution in [0.1, 0.15) is 12.0 Å². The number of amides is 1. The van der Waals surface area contributed by atoms with E-state index in [1.807, 2.05) is 33.9 Å². The number of ether oxygens (including phenoxy) is 1. The largest absolute Gasteiger partial charge is 0.494 e. The Balaban J connectivity index is 1.37. The van der Waals surface area contributed by atoms with E-state index in [9.17, 15) is 4.79 Å². The minimum atomic E-state index is -0.00692. The summed E-state index contributed by atoms with van der Waals surface area (Å²) in [6.45, 7) is 2.59. The molecule has 1 aromatic carbocycles. The van der Waals surface area contributed by atoms with E-state index in [0.717, 1.165) is 30.0 Å². The molecule has 0 unspecified atom stereocenters. The molecule has 1 N–H and O–H groups in total. The molecule has 0 radical (unpaired) electrons. The number of carbonyl (C=O) groups excluding carboxylic acids is 1. The molecule has 0 bridgehead atoms. The lowest BCUT2D eigenvalue weighted by atomic mass is 10.1. The summed E-state index contributed by atoms with van der Waals surface area (Å²) in [7, 11) is 0. The standard InChI is InChI=1S/C16H17N5O2/c22-15-10-21-9-12-8-13(2-3-14(12)18-16(21)19-15)23-7-1-5-20-6-4-17-11-20/h2-4,6,8,11H,1,5,7,9-10H2,(H,18,19,22). The maximum absolute atomic E-state index is 11.4.